The first-order chi connectivity index (χ1) is 6.60. The standard InChI is InChI=1S/C8H12O6/c1-12-6-4(9)3-5(7(10)11)14-8(6)13-2/h3-4,6,8-9H,1-2H3,(H,10,11). The van der Waals surface area contributed by atoms with E-state index in [1.807, 2.05) is 0 Å². The summed E-state index contributed by atoms with van der Waals surface area (Å²) < 4.78 is 14.7. The van der Waals surface area contributed by atoms with Crippen molar-refractivity contribution in [2.45, 2.75) is 18.5 Å². The van der Waals surface area contributed by atoms with Crippen LogP contribution in [0.4, 0.5) is 0 Å². The molecule has 0 bridgehead atoms. The first-order valence-corrected chi connectivity index (χ1v) is 3.95. The van der Waals surface area contributed by atoms with E-state index in [0.717, 1.165) is 6.08 Å². The summed E-state index contributed by atoms with van der Waals surface area (Å²) >= 11 is 0. The van der Waals surface area contributed by atoms with Gasteiger partial charge in [-0.15, -0.1) is 0 Å². The van der Waals surface area contributed by atoms with Gasteiger partial charge in [0, 0.05) is 14.2 Å². The molecule has 80 valence electrons. The molecule has 0 saturated heterocycles. The summed E-state index contributed by atoms with van der Waals surface area (Å²) in [5, 5.41) is 18.1. The highest BCUT2D eigenvalue weighted by atomic mass is 16.7. The zero-order valence-electron chi connectivity index (χ0n) is 7.84. The van der Waals surface area contributed by atoms with Crippen molar-refractivity contribution in [1.82, 2.24) is 0 Å². The van der Waals surface area contributed by atoms with Gasteiger partial charge >= 0.3 is 5.97 Å². The van der Waals surface area contributed by atoms with Crippen molar-refractivity contribution < 1.29 is 29.2 Å². The van der Waals surface area contributed by atoms with E-state index < -0.39 is 24.5 Å². The molecule has 0 saturated carbocycles. The molecule has 0 aromatic carbocycles. The van der Waals surface area contributed by atoms with Crippen molar-refractivity contribution in [3.63, 3.8) is 0 Å². The van der Waals surface area contributed by atoms with Gasteiger partial charge in [-0.2, -0.15) is 0 Å². The van der Waals surface area contributed by atoms with Crippen LogP contribution in [0.15, 0.2) is 11.8 Å². The molecule has 6 nitrogen and oxygen atoms in total. The van der Waals surface area contributed by atoms with Crippen LogP contribution in [0.3, 0.4) is 0 Å². The molecule has 0 aromatic rings. The third-order valence-electron chi connectivity index (χ3n) is 1.89. The van der Waals surface area contributed by atoms with Gasteiger partial charge in [0.1, 0.15) is 12.2 Å². The minimum absolute atomic E-state index is 0.336. The maximum absolute atomic E-state index is 10.6. The topological polar surface area (TPSA) is 85.2 Å². The van der Waals surface area contributed by atoms with Gasteiger partial charge in [-0.1, -0.05) is 0 Å². The molecular weight excluding hydrogens is 192 g/mol. The highest BCUT2D eigenvalue weighted by molar-refractivity contribution is 5.84. The van der Waals surface area contributed by atoms with Crippen LogP contribution >= 0.6 is 0 Å². The van der Waals surface area contributed by atoms with Gasteiger partial charge in [-0.25, -0.2) is 4.79 Å². The van der Waals surface area contributed by atoms with Crippen LogP contribution in [-0.4, -0.2) is 48.9 Å². The SMILES string of the molecule is COC1OC(C(=O)O)=CC(O)C1OC. The molecule has 0 aliphatic carbocycles. The quantitative estimate of drug-likeness (QED) is 0.634. The van der Waals surface area contributed by atoms with Crippen molar-refractivity contribution in [2.75, 3.05) is 14.2 Å². The van der Waals surface area contributed by atoms with Crippen molar-refractivity contribution in [2.24, 2.45) is 0 Å². The monoisotopic (exact) mass is 204 g/mol. The predicted molar refractivity (Wildman–Crippen MR) is 44.4 cm³/mol. The summed E-state index contributed by atoms with van der Waals surface area (Å²) in [6.45, 7) is 0. The second-order valence-electron chi connectivity index (χ2n) is 2.75. The lowest BCUT2D eigenvalue weighted by Crippen LogP contribution is -2.44. The number of methoxy groups -OCH3 is 2. The fraction of sp³-hybridized carbons (Fsp3) is 0.625. The van der Waals surface area contributed by atoms with Crippen molar-refractivity contribution in [1.29, 1.82) is 0 Å². The molecule has 2 N–H and O–H groups in total. The number of ether oxygens (including phenoxy) is 3. The number of hydrogen-bond acceptors (Lipinski definition) is 5. The molecule has 6 heteroatoms. The van der Waals surface area contributed by atoms with Gasteiger partial charge in [0.25, 0.3) is 0 Å². The number of carbonyl (C=O) groups is 1. The van der Waals surface area contributed by atoms with Gasteiger partial charge in [-0.3, -0.25) is 0 Å². The second kappa shape index (κ2) is 4.41. The molecule has 0 amide bonds. The Kier molecular flexibility index (Phi) is 3.45. The molecule has 3 unspecified atom stereocenters. The van der Waals surface area contributed by atoms with Crippen molar-refractivity contribution in [3.8, 4) is 0 Å². The van der Waals surface area contributed by atoms with E-state index in [-0.39, 0.29) is 5.76 Å². The van der Waals surface area contributed by atoms with Crippen molar-refractivity contribution in [3.05, 3.63) is 11.8 Å². The first kappa shape index (κ1) is 11.0. The predicted octanol–water partition coefficient (Wildman–Crippen LogP) is -0.667. The largest absolute Gasteiger partial charge is 0.475 e. The van der Waals surface area contributed by atoms with Crippen LogP contribution < -0.4 is 0 Å². The molecule has 14 heavy (non-hydrogen) atoms. The third kappa shape index (κ3) is 2.03. The molecule has 1 aliphatic rings. The highest BCUT2D eigenvalue weighted by Gasteiger charge is 2.36. The summed E-state index contributed by atoms with van der Waals surface area (Å²) in [7, 11) is 2.72. The lowest BCUT2D eigenvalue weighted by molar-refractivity contribution is -0.203. The molecule has 0 radical (unpaired) electrons. The first-order valence-electron chi connectivity index (χ1n) is 3.95. The molecule has 0 spiro atoms. The van der Waals surface area contributed by atoms with E-state index in [1.165, 1.54) is 14.2 Å². The Morgan fingerprint density at radius 2 is 2.14 bits per heavy atom. The van der Waals surface area contributed by atoms with Crippen LogP contribution in [0.25, 0.3) is 0 Å². The fourth-order valence-corrected chi connectivity index (χ4v) is 1.20. The molecular formula is C8H12O6. The van der Waals surface area contributed by atoms with Crippen LogP contribution in [0.1, 0.15) is 0 Å². The summed E-state index contributed by atoms with van der Waals surface area (Å²) in [6.07, 6.45) is -1.61. The lowest BCUT2D eigenvalue weighted by atomic mass is 10.1. The molecule has 1 heterocycles. The van der Waals surface area contributed by atoms with E-state index >= 15 is 0 Å². The maximum Gasteiger partial charge on any atom is 0.371 e. The van der Waals surface area contributed by atoms with Crippen LogP contribution in [0, 0.1) is 0 Å². The normalized spacial score (nSPS) is 31.9. The number of carboxylic acids is 1. The maximum atomic E-state index is 10.6. The third-order valence-corrected chi connectivity index (χ3v) is 1.89. The van der Waals surface area contributed by atoms with Gasteiger partial charge in [-0.05, 0) is 6.08 Å². The van der Waals surface area contributed by atoms with E-state index in [2.05, 4.69) is 0 Å². The van der Waals surface area contributed by atoms with Gasteiger partial charge in [0.2, 0.25) is 12.0 Å². The second-order valence-corrected chi connectivity index (χ2v) is 2.75. The Morgan fingerprint density at radius 3 is 2.57 bits per heavy atom. The molecule has 0 aromatic heterocycles. The average molecular weight is 204 g/mol. The molecule has 3 atom stereocenters. The number of aliphatic hydroxyl groups excluding tert-OH is 1. The number of aliphatic hydroxyl groups is 1. The summed E-state index contributed by atoms with van der Waals surface area (Å²) in [5.74, 6) is -1.58. The van der Waals surface area contributed by atoms with E-state index in [1.54, 1.807) is 0 Å². The van der Waals surface area contributed by atoms with Crippen LogP contribution in [0.2, 0.25) is 0 Å². The summed E-state index contributed by atoms with van der Waals surface area (Å²) in [5.41, 5.74) is 0. The molecule has 0 fully saturated rings. The summed E-state index contributed by atoms with van der Waals surface area (Å²) in [6, 6.07) is 0. The number of aliphatic carboxylic acids is 1. The number of carboxylic acid groups (broad SMARTS) is 1. The Balaban J connectivity index is 2.84. The Hall–Kier alpha value is -1.11. The minimum atomic E-state index is -1.25. The van der Waals surface area contributed by atoms with Crippen LogP contribution in [-0.2, 0) is 19.0 Å². The zero-order valence-corrected chi connectivity index (χ0v) is 7.84. The molecule has 1 aliphatic heterocycles. The van der Waals surface area contributed by atoms with E-state index in [4.69, 9.17) is 19.3 Å². The fourth-order valence-electron chi connectivity index (χ4n) is 1.20. The van der Waals surface area contributed by atoms with E-state index in [9.17, 15) is 9.90 Å². The smallest absolute Gasteiger partial charge is 0.371 e. The minimum Gasteiger partial charge on any atom is -0.475 e. The average Bonchev–Trinajstić information content (AvgIpc) is 2.16. The summed E-state index contributed by atoms with van der Waals surface area (Å²) in [4.78, 5) is 10.6. The van der Waals surface area contributed by atoms with Crippen LogP contribution in [0.5, 0.6) is 0 Å². The Labute approximate surface area is 80.7 Å². The van der Waals surface area contributed by atoms with Crippen molar-refractivity contribution >= 4 is 5.97 Å². The van der Waals surface area contributed by atoms with Gasteiger partial charge in [0.15, 0.2) is 0 Å². The number of rotatable bonds is 3. The van der Waals surface area contributed by atoms with E-state index in [0.29, 0.717) is 0 Å². The zero-order chi connectivity index (χ0) is 10.7. The Bertz CT molecular complexity index is 248. The van der Waals surface area contributed by atoms with Gasteiger partial charge in [0.05, 0.1) is 0 Å². The number of hydrogen-bond donors (Lipinski definition) is 2. The lowest BCUT2D eigenvalue weighted by Gasteiger charge is -2.31. The highest BCUT2D eigenvalue weighted by Crippen LogP contribution is 2.20. The van der Waals surface area contributed by atoms with Gasteiger partial charge < -0.3 is 24.4 Å². The Morgan fingerprint density at radius 1 is 1.50 bits per heavy atom. The molecule has 1 rings (SSSR count).